The highest BCUT2D eigenvalue weighted by atomic mass is 32.1. The number of halogens is 3. The lowest BCUT2D eigenvalue weighted by Gasteiger charge is -2.36. The molecule has 0 bridgehead atoms. The largest absolute Gasteiger partial charge is 0.487 e. The third-order valence-corrected chi connectivity index (χ3v) is 6.32. The first-order valence-corrected chi connectivity index (χ1v) is 11.7. The molecule has 1 saturated heterocycles. The molecule has 0 radical (unpaired) electrons. The number of aromatic nitrogens is 1. The Morgan fingerprint density at radius 2 is 1.88 bits per heavy atom. The van der Waals surface area contributed by atoms with Crippen LogP contribution in [0.5, 0.6) is 5.75 Å². The summed E-state index contributed by atoms with van der Waals surface area (Å²) in [6.07, 6.45) is -1.14. The van der Waals surface area contributed by atoms with E-state index in [9.17, 15) is 18.0 Å². The predicted molar refractivity (Wildman–Crippen MR) is 127 cm³/mol. The number of nitrogens with zero attached hydrogens (tertiary/aromatic N) is 3. The number of hydrogen-bond donors (Lipinski definition) is 0. The Kier molecular flexibility index (Phi) is 7.21. The van der Waals surface area contributed by atoms with Crippen LogP contribution in [0.25, 0.3) is 6.08 Å². The maximum atomic E-state index is 13.0. The van der Waals surface area contributed by atoms with Crippen molar-refractivity contribution < 1.29 is 22.7 Å². The third-order valence-electron chi connectivity index (χ3n) is 5.50. The number of piperazine rings is 1. The molecule has 0 spiro atoms. The molecule has 9 heteroatoms. The highest BCUT2D eigenvalue weighted by Gasteiger charge is 2.31. The van der Waals surface area contributed by atoms with E-state index in [1.807, 2.05) is 41.5 Å². The highest BCUT2D eigenvalue weighted by Crippen LogP contribution is 2.32. The average Bonchev–Trinajstić information content (AvgIpc) is 3.26. The number of benzene rings is 2. The number of hydrogen-bond acceptors (Lipinski definition) is 5. The molecule has 2 aromatic carbocycles. The van der Waals surface area contributed by atoms with E-state index in [0.717, 1.165) is 28.4 Å². The minimum atomic E-state index is -4.38. The molecule has 1 aliphatic heterocycles. The van der Waals surface area contributed by atoms with Crippen LogP contribution in [-0.4, -0.2) is 42.0 Å². The van der Waals surface area contributed by atoms with Gasteiger partial charge >= 0.3 is 6.18 Å². The van der Waals surface area contributed by atoms with Gasteiger partial charge in [-0.3, -0.25) is 4.79 Å². The quantitative estimate of drug-likeness (QED) is 0.436. The maximum Gasteiger partial charge on any atom is 0.416 e. The van der Waals surface area contributed by atoms with Crippen molar-refractivity contribution in [3.8, 4) is 5.75 Å². The fourth-order valence-corrected chi connectivity index (χ4v) is 4.30. The first-order chi connectivity index (χ1) is 16.3. The lowest BCUT2D eigenvalue weighted by atomic mass is 10.1. The normalized spacial score (nSPS) is 14.6. The van der Waals surface area contributed by atoms with E-state index in [1.165, 1.54) is 12.1 Å². The fourth-order valence-electron chi connectivity index (χ4n) is 3.71. The summed E-state index contributed by atoms with van der Waals surface area (Å²) < 4.78 is 44.9. The van der Waals surface area contributed by atoms with E-state index in [2.05, 4.69) is 4.98 Å². The first-order valence-electron chi connectivity index (χ1n) is 10.8. The Balaban J connectivity index is 1.34. The lowest BCUT2D eigenvalue weighted by molar-refractivity contribution is -0.137. The number of aryl methyl sites for hydroxylation is 1. The number of alkyl halides is 3. The molecule has 0 saturated carbocycles. The second kappa shape index (κ2) is 10.3. The van der Waals surface area contributed by atoms with Gasteiger partial charge in [-0.1, -0.05) is 24.3 Å². The Labute approximate surface area is 200 Å². The monoisotopic (exact) mass is 487 g/mol. The van der Waals surface area contributed by atoms with Crippen LogP contribution in [0.2, 0.25) is 0 Å². The summed E-state index contributed by atoms with van der Waals surface area (Å²) in [7, 11) is 0. The number of carbonyl (C=O) groups is 1. The fraction of sp³-hybridized carbons (Fsp3) is 0.280. The van der Waals surface area contributed by atoms with Crippen LogP contribution in [0, 0.1) is 6.92 Å². The van der Waals surface area contributed by atoms with Gasteiger partial charge < -0.3 is 14.5 Å². The molecule has 178 valence electrons. The second-order valence-corrected chi connectivity index (χ2v) is 8.94. The van der Waals surface area contributed by atoms with Crippen LogP contribution in [0.4, 0.5) is 18.9 Å². The molecule has 1 fully saturated rings. The van der Waals surface area contributed by atoms with Gasteiger partial charge in [-0.05, 0) is 37.3 Å². The molecule has 0 unspecified atom stereocenters. The number of carbonyl (C=O) groups excluding carboxylic acids is 1. The third kappa shape index (κ3) is 5.96. The average molecular weight is 488 g/mol. The molecule has 1 aliphatic rings. The number of thiazole rings is 1. The summed E-state index contributed by atoms with van der Waals surface area (Å²) in [6.45, 7) is 4.08. The molecule has 0 atom stereocenters. The van der Waals surface area contributed by atoms with Crippen LogP contribution in [0.15, 0.2) is 60.0 Å². The lowest BCUT2D eigenvalue weighted by Crippen LogP contribution is -2.48. The van der Waals surface area contributed by atoms with Gasteiger partial charge in [0.05, 0.1) is 16.3 Å². The van der Waals surface area contributed by atoms with Crippen LogP contribution >= 0.6 is 11.3 Å². The molecule has 0 N–H and O–H groups in total. The van der Waals surface area contributed by atoms with Crippen molar-refractivity contribution in [2.24, 2.45) is 0 Å². The van der Waals surface area contributed by atoms with E-state index in [4.69, 9.17) is 4.74 Å². The predicted octanol–water partition coefficient (Wildman–Crippen LogP) is 5.41. The van der Waals surface area contributed by atoms with Gasteiger partial charge in [-0.2, -0.15) is 13.2 Å². The van der Waals surface area contributed by atoms with E-state index >= 15 is 0 Å². The van der Waals surface area contributed by atoms with Gasteiger partial charge in [0.2, 0.25) is 5.91 Å². The van der Waals surface area contributed by atoms with Gasteiger partial charge in [0.25, 0.3) is 0 Å². The number of rotatable bonds is 6. The van der Waals surface area contributed by atoms with Crippen LogP contribution in [-0.2, 0) is 17.6 Å². The van der Waals surface area contributed by atoms with Crippen molar-refractivity contribution in [2.45, 2.75) is 19.7 Å². The maximum absolute atomic E-state index is 13.0. The summed E-state index contributed by atoms with van der Waals surface area (Å²) in [5.41, 5.74) is 1.48. The molecule has 0 aliphatic carbocycles. The van der Waals surface area contributed by atoms with Crippen LogP contribution in [0.1, 0.15) is 21.8 Å². The van der Waals surface area contributed by atoms with Crippen molar-refractivity contribution in [3.05, 3.63) is 81.8 Å². The van der Waals surface area contributed by atoms with Crippen molar-refractivity contribution in [3.63, 3.8) is 0 Å². The van der Waals surface area contributed by atoms with Crippen LogP contribution < -0.4 is 9.64 Å². The summed E-state index contributed by atoms with van der Waals surface area (Å²) in [6, 6.07) is 12.7. The van der Waals surface area contributed by atoms with Crippen molar-refractivity contribution in [1.82, 2.24) is 9.88 Å². The molecule has 1 amide bonds. The molecule has 34 heavy (non-hydrogen) atoms. The van der Waals surface area contributed by atoms with E-state index in [1.54, 1.807) is 28.4 Å². The molecule has 3 aromatic rings. The zero-order valence-corrected chi connectivity index (χ0v) is 19.4. The number of ether oxygens (including phenoxy) is 1. The minimum Gasteiger partial charge on any atom is -0.487 e. The Morgan fingerprint density at radius 1 is 1.12 bits per heavy atom. The first kappa shape index (κ1) is 23.8. The Hall–Kier alpha value is -3.33. The smallest absolute Gasteiger partial charge is 0.416 e. The van der Waals surface area contributed by atoms with Crippen LogP contribution in [0.3, 0.4) is 0 Å². The topological polar surface area (TPSA) is 45.7 Å². The summed E-state index contributed by atoms with van der Waals surface area (Å²) in [5, 5.41) is 2.93. The minimum absolute atomic E-state index is 0.145. The number of anilines is 1. The summed E-state index contributed by atoms with van der Waals surface area (Å²) in [5.74, 6) is 0.514. The van der Waals surface area contributed by atoms with Gasteiger partial charge in [0.1, 0.15) is 12.4 Å². The van der Waals surface area contributed by atoms with Crippen molar-refractivity contribution in [1.29, 1.82) is 0 Å². The van der Waals surface area contributed by atoms with Gasteiger partial charge in [0, 0.05) is 48.9 Å². The summed E-state index contributed by atoms with van der Waals surface area (Å²) in [4.78, 5) is 20.7. The van der Waals surface area contributed by atoms with Crippen molar-refractivity contribution in [2.75, 3.05) is 31.1 Å². The highest BCUT2D eigenvalue weighted by molar-refractivity contribution is 7.09. The molecule has 2 heterocycles. The zero-order chi connectivity index (χ0) is 24.1. The number of amides is 1. The number of para-hydroxylation sites is 1. The molecular formula is C25H24F3N3O2S. The molecule has 4 rings (SSSR count). The van der Waals surface area contributed by atoms with Gasteiger partial charge in [-0.15, -0.1) is 11.3 Å². The van der Waals surface area contributed by atoms with E-state index in [-0.39, 0.29) is 5.91 Å². The SMILES string of the molecule is Cc1nc(COc2ccccc2/C=C/C(=O)N2CCN(c3cccc(C(F)(F)F)c3)CC2)cs1. The van der Waals surface area contributed by atoms with E-state index < -0.39 is 11.7 Å². The van der Waals surface area contributed by atoms with Gasteiger partial charge in [-0.25, -0.2) is 4.98 Å². The molecule has 5 nitrogen and oxygen atoms in total. The summed E-state index contributed by atoms with van der Waals surface area (Å²) >= 11 is 1.57. The van der Waals surface area contributed by atoms with Crippen molar-refractivity contribution >= 4 is 29.0 Å². The second-order valence-electron chi connectivity index (χ2n) is 7.88. The Morgan fingerprint density at radius 3 is 2.59 bits per heavy atom. The molecule has 1 aromatic heterocycles. The van der Waals surface area contributed by atoms with Gasteiger partial charge in [0.15, 0.2) is 0 Å². The molecular weight excluding hydrogens is 463 g/mol. The standard InChI is InChI=1S/C25H24F3N3O2S/c1-18-29-21(17-34-18)16-33-23-8-3-2-5-19(23)9-10-24(32)31-13-11-30(12-14-31)22-7-4-6-20(15-22)25(26,27)28/h2-10,15,17H,11-14,16H2,1H3/b10-9+. The Bertz CT molecular complexity index is 1170. The zero-order valence-electron chi connectivity index (χ0n) is 18.6. The van der Waals surface area contributed by atoms with E-state index in [0.29, 0.717) is 44.2 Å².